The second-order valence-electron chi connectivity index (χ2n) is 3.67. The zero-order valence-corrected chi connectivity index (χ0v) is 7.40. The van der Waals surface area contributed by atoms with E-state index in [-0.39, 0.29) is 30.2 Å². The highest BCUT2D eigenvalue weighted by atomic mass is 16.6. The van der Waals surface area contributed by atoms with Crippen molar-refractivity contribution >= 4 is 11.8 Å². The summed E-state index contributed by atoms with van der Waals surface area (Å²) in [5, 5.41) is 0. The molecule has 70 valence electrons. The van der Waals surface area contributed by atoms with Crippen LogP contribution in [0.5, 0.6) is 0 Å². The SMILES string of the molecule is O=C1C[C@H]2C(=O)c3ccccc3[C@H]2O1. The molecule has 1 heterocycles. The molecule has 2 aliphatic rings. The van der Waals surface area contributed by atoms with E-state index in [1.54, 1.807) is 6.07 Å². The molecule has 0 N–H and O–H groups in total. The summed E-state index contributed by atoms with van der Waals surface area (Å²) >= 11 is 0. The molecule has 1 aliphatic heterocycles. The second kappa shape index (κ2) is 2.44. The number of fused-ring (bicyclic) bond motifs is 3. The minimum Gasteiger partial charge on any atom is -0.457 e. The summed E-state index contributed by atoms with van der Waals surface area (Å²) in [6.07, 6.45) is -0.0794. The van der Waals surface area contributed by atoms with Crippen LogP contribution in [0.15, 0.2) is 24.3 Å². The van der Waals surface area contributed by atoms with Crippen molar-refractivity contribution in [2.45, 2.75) is 12.5 Å². The molecule has 1 aromatic rings. The maximum absolute atomic E-state index is 11.8. The van der Waals surface area contributed by atoms with Crippen LogP contribution in [0.3, 0.4) is 0 Å². The van der Waals surface area contributed by atoms with Gasteiger partial charge in [0.25, 0.3) is 0 Å². The summed E-state index contributed by atoms with van der Waals surface area (Å²) < 4.78 is 5.12. The van der Waals surface area contributed by atoms with Crippen molar-refractivity contribution in [3.8, 4) is 0 Å². The smallest absolute Gasteiger partial charge is 0.307 e. The molecular formula is C11H8O3. The summed E-state index contributed by atoms with van der Waals surface area (Å²) in [5.41, 5.74) is 1.59. The zero-order valence-electron chi connectivity index (χ0n) is 7.40. The third-order valence-corrected chi connectivity index (χ3v) is 2.88. The van der Waals surface area contributed by atoms with Crippen LogP contribution in [0.2, 0.25) is 0 Å². The highest BCUT2D eigenvalue weighted by Crippen LogP contribution is 2.44. The normalized spacial score (nSPS) is 28.6. The predicted octanol–water partition coefficient (Wildman–Crippen LogP) is 1.49. The second-order valence-corrected chi connectivity index (χ2v) is 3.67. The van der Waals surface area contributed by atoms with Crippen molar-refractivity contribution in [1.29, 1.82) is 0 Å². The van der Waals surface area contributed by atoms with Gasteiger partial charge in [-0.05, 0) is 0 Å². The van der Waals surface area contributed by atoms with Gasteiger partial charge in [0.05, 0.1) is 12.3 Å². The standard InChI is InChI=1S/C11H8O3/c12-9-5-8-10(13)6-3-1-2-4-7(6)11(8)14-9/h1-4,8,11H,5H2/t8-,11+/m0/s1. The first-order valence-corrected chi connectivity index (χ1v) is 4.60. The Hall–Kier alpha value is -1.64. The average Bonchev–Trinajstić information content (AvgIpc) is 2.68. The van der Waals surface area contributed by atoms with Gasteiger partial charge < -0.3 is 4.74 Å². The number of carbonyl (C=O) groups is 2. The van der Waals surface area contributed by atoms with Gasteiger partial charge in [-0.15, -0.1) is 0 Å². The molecule has 0 amide bonds. The quantitative estimate of drug-likeness (QED) is 0.579. The van der Waals surface area contributed by atoms with Crippen LogP contribution in [-0.2, 0) is 9.53 Å². The molecule has 14 heavy (non-hydrogen) atoms. The molecule has 0 radical (unpaired) electrons. The summed E-state index contributed by atoms with van der Waals surface area (Å²) in [6.45, 7) is 0. The summed E-state index contributed by atoms with van der Waals surface area (Å²) in [4.78, 5) is 22.8. The average molecular weight is 188 g/mol. The third-order valence-electron chi connectivity index (χ3n) is 2.88. The molecule has 0 aromatic heterocycles. The molecule has 3 nitrogen and oxygen atoms in total. The van der Waals surface area contributed by atoms with Crippen LogP contribution < -0.4 is 0 Å². The Balaban J connectivity index is 2.16. The minimum atomic E-state index is -0.314. The zero-order chi connectivity index (χ0) is 9.71. The number of carbonyl (C=O) groups excluding carboxylic acids is 2. The monoisotopic (exact) mass is 188 g/mol. The minimum absolute atomic E-state index is 0.0523. The first-order valence-electron chi connectivity index (χ1n) is 4.60. The fourth-order valence-corrected chi connectivity index (χ4v) is 2.24. The highest BCUT2D eigenvalue weighted by Gasteiger charge is 2.47. The Morgan fingerprint density at radius 2 is 2.00 bits per heavy atom. The van der Waals surface area contributed by atoms with E-state index in [0.717, 1.165) is 11.1 Å². The fourth-order valence-electron chi connectivity index (χ4n) is 2.24. The van der Waals surface area contributed by atoms with Gasteiger partial charge in [0.2, 0.25) is 0 Å². The van der Waals surface area contributed by atoms with Gasteiger partial charge in [0, 0.05) is 11.1 Å². The fraction of sp³-hybridized carbons (Fsp3) is 0.273. The van der Waals surface area contributed by atoms with Crippen LogP contribution in [0.4, 0.5) is 0 Å². The van der Waals surface area contributed by atoms with Crippen LogP contribution in [0, 0.1) is 5.92 Å². The Bertz CT molecular complexity index is 436. The third kappa shape index (κ3) is 0.816. The Labute approximate surface area is 80.7 Å². The first kappa shape index (κ1) is 7.74. The number of Topliss-reactive ketones (excluding diaryl/α,β-unsaturated/α-hetero) is 1. The maximum atomic E-state index is 11.8. The van der Waals surface area contributed by atoms with Crippen molar-refractivity contribution in [2.24, 2.45) is 5.92 Å². The van der Waals surface area contributed by atoms with E-state index in [1.165, 1.54) is 0 Å². The van der Waals surface area contributed by atoms with Crippen molar-refractivity contribution in [1.82, 2.24) is 0 Å². The molecule has 1 aliphatic carbocycles. The van der Waals surface area contributed by atoms with E-state index >= 15 is 0 Å². The molecule has 3 heteroatoms. The number of ketones is 1. The van der Waals surface area contributed by atoms with E-state index in [0.29, 0.717) is 0 Å². The molecule has 1 fully saturated rings. The lowest BCUT2D eigenvalue weighted by atomic mass is 10.0. The summed E-state index contributed by atoms with van der Waals surface area (Å²) in [5.74, 6) is -0.473. The molecule has 1 aromatic carbocycles. The maximum Gasteiger partial charge on any atom is 0.307 e. The van der Waals surface area contributed by atoms with Gasteiger partial charge in [-0.3, -0.25) is 9.59 Å². The topological polar surface area (TPSA) is 43.4 Å². The molecule has 0 bridgehead atoms. The number of hydrogen-bond acceptors (Lipinski definition) is 3. The van der Waals surface area contributed by atoms with E-state index in [9.17, 15) is 9.59 Å². The number of benzene rings is 1. The van der Waals surface area contributed by atoms with E-state index in [2.05, 4.69) is 0 Å². The number of esters is 1. The van der Waals surface area contributed by atoms with E-state index < -0.39 is 0 Å². The lowest BCUT2D eigenvalue weighted by Crippen LogP contribution is -2.07. The molecular weight excluding hydrogens is 180 g/mol. The molecule has 1 saturated heterocycles. The van der Waals surface area contributed by atoms with Crippen molar-refractivity contribution in [3.05, 3.63) is 35.4 Å². The Kier molecular flexibility index (Phi) is 1.35. The number of hydrogen-bond donors (Lipinski definition) is 0. The molecule has 3 rings (SSSR count). The van der Waals surface area contributed by atoms with Crippen molar-refractivity contribution in [3.63, 3.8) is 0 Å². The lowest BCUT2D eigenvalue weighted by molar-refractivity contribution is -0.141. The van der Waals surface area contributed by atoms with Crippen molar-refractivity contribution in [2.75, 3.05) is 0 Å². The largest absolute Gasteiger partial charge is 0.457 e. The van der Waals surface area contributed by atoms with Gasteiger partial charge in [0.1, 0.15) is 6.10 Å². The van der Waals surface area contributed by atoms with E-state index in [4.69, 9.17) is 4.74 Å². The molecule has 0 saturated carbocycles. The van der Waals surface area contributed by atoms with Crippen LogP contribution in [0.1, 0.15) is 28.4 Å². The highest BCUT2D eigenvalue weighted by molar-refractivity contribution is 6.05. The predicted molar refractivity (Wildman–Crippen MR) is 47.7 cm³/mol. The van der Waals surface area contributed by atoms with Gasteiger partial charge >= 0.3 is 5.97 Å². The number of ether oxygens (including phenoxy) is 1. The summed E-state index contributed by atoms with van der Waals surface area (Å²) in [6, 6.07) is 7.35. The van der Waals surface area contributed by atoms with Crippen LogP contribution in [0.25, 0.3) is 0 Å². The van der Waals surface area contributed by atoms with Gasteiger partial charge in [-0.2, -0.15) is 0 Å². The Morgan fingerprint density at radius 1 is 1.21 bits per heavy atom. The summed E-state index contributed by atoms with van der Waals surface area (Å²) in [7, 11) is 0. The molecule has 0 spiro atoms. The first-order chi connectivity index (χ1) is 6.77. The van der Waals surface area contributed by atoms with Crippen LogP contribution >= 0.6 is 0 Å². The Morgan fingerprint density at radius 3 is 2.86 bits per heavy atom. The van der Waals surface area contributed by atoms with Gasteiger partial charge in [0.15, 0.2) is 5.78 Å². The molecule has 0 unspecified atom stereocenters. The van der Waals surface area contributed by atoms with Crippen LogP contribution in [-0.4, -0.2) is 11.8 Å². The number of rotatable bonds is 0. The van der Waals surface area contributed by atoms with E-state index in [1.807, 2.05) is 18.2 Å². The van der Waals surface area contributed by atoms with Gasteiger partial charge in [-0.1, -0.05) is 24.3 Å². The van der Waals surface area contributed by atoms with Gasteiger partial charge in [-0.25, -0.2) is 0 Å². The lowest BCUT2D eigenvalue weighted by Gasteiger charge is -2.06. The molecule has 2 atom stereocenters. The van der Waals surface area contributed by atoms with Crippen molar-refractivity contribution < 1.29 is 14.3 Å².